The van der Waals surface area contributed by atoms with E-state index in [1.807, 2.05) is 13.8 Å². The second kappa shape index (κ2) is 5.04. The Balaban J connectivity index is 2.69. The van der Waals surface area contributed by atoms with Gasteiger partial charge < -0.3 is 11.1 Å². The van der Waals surface area contributed by atoms with Crippen LogP contribution in [0.4, 0.5) is 5.95 Å². The van der Waals surface area contributed by atoms with Gasteiger partial charge >= 0.3 is 0 Å². The van der Waals surface area contributed by atoms with Gasteiger partial charge in [-0.05, 0) is 19.4 Å². The fourth-order valence-electron chi connectivity index (χ4n) is 1.01. The lowest BCUT2D eigenvalue weighted by Crippen LogP contribution is -2.19. The molecule has 80 valence electrons. The van der Waals surface area contributed by atoms with Crippen LogP contribution in [0.2, 0.25) is 0 Å². The molecule has 0 aliphatic rings. The van der Waals surface area contributed by atoms with Gasteiger partial charge in [-0.2, -0.15) is 5.11 Å². The third-order valence-electron chi connectivity index (χ3n) is 1.87. The van der Waals surface area contributed by atoms with E-state index in [0.29, 0.717) is 11.6 Å². The first-order valence-corrected chi connectivity index (χ1v) is 4.51. The standard InChI is InChI=1S/C9H14N6/c1-6-4-12-9(13-5-6)14-7(2)8(3-10)15-11/h3-5,7,11H,10H2,1-2H3,(H,12,13,14)/b8-3-,15-11?. The minimum Gasteiger partial charge on any atom is -0.403 e. The van der Waals surface area contributed by atoms with E-state index < -0.39 is 0 Å². The van der Waals surface area contributed by atoms with Crippen LogP contribution in [-0.4, -0.2) is 16.0 Å². The van der Waals surface area contributed by atoms with E-state index in [-0.39, 0.29) is 6.04 Å². The zero-order chi connectivity index (χ0) is 11.3. The molecule has 1 aromatic rings. The molecule has 1 heterocycles. The van der Waals surface area contributed by atoms with Crippen LogP contribution in [0.5, 0.6) is 0 Å². The molecule has 0 aromatic carbocycles. The summed E-state index contributed by atoms with van der Waals surface area (Å²) in [4.78, 5) is 8.15. The summed E-state index contributed by atoms with van der Waals surface area (Å²) in [5.74, 6) is 0.496. The van der Waals surface area contributed by atoms with Gasteiger partial charge in [0.15, 0.2) is 0 Å². The molecular formula is C9H14N6. The Morgan fingerprint density at radius 1 is 1.60 bits per heavy atom. The van der Waals surface area contributed by atoms with E-state index >= 15 is 0 Å². The van der Waals surface area contributed by atoms with Crippen molar-refractivity contribution >= 4 is 5.95 Å². The first-order valence-electron chi connectivity index (χ1n) is 4.51. The zero-order valence-corrected chi connectivity index (χ0v) is 8.73. The van der Waals surface area contributed by atoms with Gasteiger partial charge in [-0.1, -0.05) is 0 Å². The van der Waals surface area contributed by atoms with Crippen molar-refractivity contribution in [3.63, 3.8) is 0 Å². The fourth-order valence-corrected chi connectivity index (χ4v) is 1.01. The highest BCUT2D eigenvalue weighted by atomic mass is 15.1. The molecule has 4 N–H and O–H groups in total. The van der Waals surface area contributed by atoms with E-state index in [4.69, 9.17) is 11.3 Å². The summed E-state index contributed by atoms with van der Waals surface area (Å²) >= 11 is 0. The predicted octanol–water partition coefficient (Wildman–Crippen LogP) is 1.42. The van der Waals surface area contributed by atoms with Crippen LogP contribution >= 0.6 is 0 Å². The lowest BCUT2D eigenvalue weighted by atomic mass is 10.2. The van der Waals surface area contributed by atoms with Gasteiger partial charge in [0.25, 0.3) is 0 Å². The van der Waals surface area contributed by atoms with Crippen LogP contribution in [0.1, 0.15) is 12.5 Å². The monoisotopic (exact) mass is 206 g/mol. The number of hydrogen-bond acceptors (Lipinski definition) is 6. The number of aromatic nitrogens is 2. The average molecular weight is 206 g/mol. The van der Waals surface area contributed by atoms with Crippen molar-refractivity contribution in [3.05, 3.63) is 29.9 Å². The largest absolute Gasteiger partial charge is 0.403 e. The van der Waals surface area contributed by atoms with Gasteiger partial charge in [0.1, 0.15) is 0 Å². The smallest absolute Gasteiger partial charge is 0.223 e. The van der Waals surface area contributed by atoms with E-state index in [1.54, 1.807) is 12.4 Å². The number of aryl methyl sites for hydroxylation is 1. The Kier molecular flexibility index (Phi) is 3.73. The molecule has 1 aromatic heterocycles. The number of anilines is 1. The summed E-state index contributed by atoms with van der Waals surface area (Å²) in [7, 11) is 0. The highest BCUT2D eigenvalue weighted by molar-refractivity contribution is 5.30. The van der Waals surface area contributed by atoms with E-state index in [9.17, 15) is 0 Å². The first-order chi connectivity index (χ1) is 7.17. The summed E-state index contributed by atoms with van der Waals surface area (Å²) in [6.07, 6.45) is 4.72. The molecule has 0 fully saturated rings. The van der Waals surface area contributed by atoms with Crippen LogP contribution in [-0.2, 0) is 0 Å². The first kappa shape index (κ1) is 11.1. The Morgan fingerprint density at radius 3 is 2.67 bits per heavy atom. The molecule has 1 unspecified atom stereocenters. The number of nitrogens with zero attached hydrogens (tertiary/aromatic N) is 3. The van der Waals surface area contributed by atoms with Crippen LogP contribution in [0.25, 0.3) is 0 Å². The average Bonchev–Trinajstić information content (AvgIpc) is 2.23. The predicted molar refractivity (Wildman–Crippen MR) is 57.3 cm³/mol. The van der Waals surface area contributed by atoms with Gasteiger partial charge in [-0.25, -0.2) is 15.5 Å². The number of hydrogen-bond donors (Lipinski definition) is 3. The molecule has 1 atom stereocenters. The highest BCUT2D eigenvalue weighted by Gasteiger charge is 2.08. The van der Waals surface area contributed by atoms with Crippen molar-refractivity contribution in [3.8, 4) is 0 Å². The summed E-state index contributed by atoms with van der Waals surface area (Å²) in [6.45, 7) is 3.75. The molecule has 6 heteroatoms. The molecule has 0 radical (unpaired) electrons. The van der Waals surface area contributed by atoms with Crippen LogP contribution in [0.15, 0.2) is 29.4 Å². The van der Waals surface area contributed by atoms with Crippen molar-refractivity contribution in [2.24, 2.45) is 10.8 Å². The summed E-state index contributed by atoms with van der Waals surface area (Å²) in [5, 5.41) is 6.27. The van der Waals surface area contributed by atoms with Gasteiger partial charge in [0, 0.05) is 18.6 Å². The van der Waals surface area contributed by atoms with Gasteiger partial charge in [-0.3, -0.25) is 0 Å². The molecule has 0 aliphatic heterocycles. The quantitative estimate of drug-likeness (QED) is 0.648. The molecule has 0 spiro atoms. The fraction of sp³-hybridized carbons (Fsp3) is 0.333. The van der Waals surface area contributed by atoms with E-state index in [1.165, 1.54) is 6.20 Å². The van der Waals surface area contributed by atoms with Crippen molar-refractivity contribution in [2.45, 2.75) is 19.9 Å². The SMILES string of the molecule is Cc1cnc(NC(C)/C(=C/N)N=N)nc1. The van der Waals surface area contributed by atoms with Crippen molar-refractivity contribution in [1.82, 2.24) is 9.97 Å². The van der Waals surface area contributed by atoms with Gasteiger partial charge in [0.2, 0.25) is 5.95 Å². The normalized spacial score (nSPS) is 13.3. The Labute approximate surface area is 88.1 Å². The number of rotatable bonds is 4. The van der Waals surface area contributed by atoms with Crippen molar-refractivity contribution in [2.75, 3.05) is 5.32 Å². The second-order valence-corrected chi connectivity index (χ2v) is 3.15. The third-order valence-corrected chi connectivity index (χ3v) is 1.87. The zero-order valence-electron chi connectivity index (χ0n) is 8.73. The topological polar surface area (TPSA) is 100 Å². The van der Waals surface area contributed by atoms with Crippen LogP contribution in [0, 0.1) is 12.5 Å². The lowest BCUT2D eigenvalue weighted by molar-refractivity contribution is 0.839. The molecule has 0 saturated heterocycles. The summed E-state index contributed by atoms with van der Waals surface area (Å²) < 4.78 is 0. The maximum atomic E-state index is 6.89. The maximum absolute atomic E-state index is 6.89. The van der Waals surface area contributed by atoms with E-state index in [0.717, 1.165) is 5.56 Å². The Morgan fingerprint density at radius 2 is 2.20 bits per heavy atom. The molecule has 1 rings (SSSR count). The molecular weight excluding hydrogens is 192 g/mol. The molecule has 15 heavy (non-hydrogen) atoms. The van der Waals surface area contributed by atoms with Gasteiger partial charge in [0.05, 0.1) is 11.7 Å². The van der Waals surface area contributed by atoms with Crippen LogP contribution in [0.3, 0.4) is 0 Å². The minimum absolute atomic E-state index is 0.185. The molecule has 6 nitrogen and oxygen atoms in total. The number of nitrogens with two attached hydrogens (primary N) is 1. The second-order valence-electron chi connectivity index (χ2n) is 3.15. The Bertz CT molecular complexity index is 355. The van der Waals surface area contributed by atoms with Crippen LogP contribution < -0.4 is 11.1 Å². The molecule has 0 amide bonds. The molecule has 0 aliphatic carbocycles. The maximum Gasteiger partial charge on any atom is 0.223 e. The number of nitrogens with one attached hydrogen (secondary N) is 2. The minimum atomic E-state index is -0.185. The van der Waals surface area contributed by atoms with Crippen molar-refractivity contribution < 1.29 is 0 Å². The third kappa shape index (κ3) is 3.01. The highest BCUT2D eigenvalue weighted by Crippen LogP contribution is 2.07. The van der Waals surface area contributed by atoms with Crippen molar-refractivity contribution in [1.29, 1.82) is 5.53 Å². The molecule has 0 bridgehead atoms. The van der Waals surface area contributed by atoms with E-state index in [2.05, 4.69) is 20.4 Å². The molecule has 0 saturated carbocycles. The summed E-state index contributed by atoms with van der Waals surface area (Å²) in [5.41, 5.74) is 13.6. The summed E-state index contributed by atoms with van der Waals surface area (Å²) in [6, 6.07) is -0.185. The lowest BCUT2D eigenvalue weighted by Gasteiger charge is -2.12. The van der Waals surface area contributed by atoms with Gasteiger partial charge in [-0.15, -0.1) is 0 Å². The Hall–Kier alpha value is -1.98.